The van der Waals surface area contributed by atoms with Crippen LogP contribution in [0.5, 0.6) is 0 Å². The van der Waals surface area contributed by atoms with Crippen molar-refractivity contribution in [2.24, 2.45) is 0 Å². The minimum absolute atomic E-state index is 0. The van der Waals surface area contributed by atoms with Crippen molar-refractivity contribution in [3.8, 4) is 0 Å². The van der Waals surface area contributed by atoms with E-state index in [1.165, 1.54) is 0 Å². The third-order valence-electron chi connectivity index (χ3n) is 2.90. The Morgan fingerprint density at radius 3 is 1.06 bits per heavy atom. The average Bonchev–Trinajstić information content (AvgIpc) is 2.57. The summed E-state index contributed by atoms with van der Waals surface area (Å²) in [6, 6.07) is 0. The molecule has 0 amide bonds. The normalized spacial score (nSPS) is 9.94. The van der Waals surface area contributed by atoms with Gasteiger partial charge < -0.3 is 70.2 Å². The smallest absolute Gasteiger partial charge is 0.550 e. The number of hydrogen-bond donors (Lipinski definition) is 6. The third-order valence-corrected chi connectivity index (χ3v) is 2.90. The predicted molar refractivity (Wildman–Crippen MR) is 99.6 cm³/mol. The minimum atomic E-state index is -2.97. The van der Waals surface area contributed by atoms with Crippen molar-refractivity contribution in [3.63, 3.8) is 0 Å². The van der Waals surface area contributed by atoms with Crippen molar-refractivity contribution in [1.82, 2.24) is 0 Å². The van der Waals surface area contributed by atoms with Crippen LogP contribution in [0.3, 0.4) is 0 Å². The number of carbonyl (C=O) groups is 8. The number of aliphatic hydroxyl groups is 2. The van der Waals surface area contributed by atoms with Gasteiger partial charge in [-0.3, -0.25) is 9.59 Å². The molecule has 192 valence electrons. The van der Waals surface area contributed by atoms with Gasteiger partial charge in [0.1, 0.15) is 5.60 Å². The molecule has 0 saturated carbocycles. The Morgan fingerprint density at radius 2 is 0.917 bits per heavy atom. The molecule has 0 aliphatic rings. The van der Waals surface area contributed by atoms with Crippen molar-refractivity contribution >= 4 is 123 Å². The molecule has 0 radical (unpaired) electrons. The van der Waals surface area contributed by atoms with Crippen LogP contribution in [0, 0.1) is 0 Å². The minimum Gasteiger partial charge on any atom is -0.550 e. The number of hydrogen-bond acceptors (Lipinski definition) is 14. The molecule has 36 heavy (non-hydrogen) atoms. The van der Waals surface area contributed by atoms with Crippen LogP contribution in [0.4, 0.5) is 0 Å². The van der Waals surface area contributed by atoms with Crippen molar-refractivity contribution in [3.05, 3.63) is 12.2 Å². The average molecular weight is 576 g/mol. The van der Waals surface area contributed by atoms with E-state index in [1.54, 1.807) is 0 Å². The van der Waals surface area contributed by atoms with E-state index in [4.69, 9.17) is 30.6 Å². The molecule has 18 nitrogen and oxygen atoms in total. The van der Waals surface area contributed by atoms with E-state index in [2.05, 4.69) is 0 Å². The van der Waals surface area contributed by atoms with Gasteiger partial charge in [-0.15, -0.1) is 0 Å². The van der Waals surface area contributed by atoms with E-state index in [0.29, 0.717) is 12.2 Å². The van der Waals surface area contributed by atoms with Gasteiger partial charge in [-0.25, -0.2) is 9.59 Å². The van der Waals surface area contributed by atoms with Crippen LogP contribution < -0.4 is 20.4 Å². The largest absolute Gasteiger partial charge is 2.00 e. The van der Waals surface area contributed by atoms with Gasteiger partial charge in [0, 0.05) is 30.9 Å². The summed E-state index contributed by atoms with van der Waals surface area (Å²) in [7, 11) is 0. The van der Waals surface area contributed by atoms with Crippen molar-refractivity contribution in [2.45, 2.75) is 36.9 Å². The van der Waals surface area contributed by atoms with E-state index < -0.39 is 84.6 Å². The van der Waals surface area contributed by atoms with E-state index in [-0.39, 0.29) is 75.5 Å². The Labute approximate surface area is 259 Å². The summed E-state index contributed by atoms with van der Waals surface area (Å²) in [5.74, 6) is -13.8. The fourth-order valence-electron chi connectivity index (χ4n) is 1.54. The molecule has 0 bridgehead atoms. The SMILES string of the molecule is O=C(O)CC(O)(CC(=O)O)C(=O)O.O=C([O-])/C=C\C(=O)O.O=C([O-])CC(O)(CC(=O)[O-])C(=O)[O-].[Ca+2].[Ca+2]. The van der Waals surface area contributed by atoms with Crippen molar-refractivity contribution in [2.75, 3.05) is 0 Å². The van der Waals surface area contributed by atoms with Crippen molar-refractivity contribution < 1.29 is 89.4 Å². The number of carboxylic acids is 8. The van der Waals surface area contributed by atoms with E-state index >= 15 is 0 Å². The quantitative estimate of drug-likeness (QED) is 0.0927. The second-order valence-corrected chi connectivity index (χ2v) is 5.88. The van der Waals surface area contributed by atoms with Gasteiger partial charge in [0.05, 0.1) is 24.8 Å². The Kier molecular flexibility index (Phi) is 25.7. The Bertz CT molecular complexity index is 748. The van der Waals surface area contributed by atoms with Gasteiger partial charge in [0.2, 0.25) is 0 Å². The van der Waals surface area contributed by atoms with Crippen LogP contribution in [-0.2, 0) is 38.4 Å². The van der Waals surface area contributed by atoms with Crippen molar-refractivity contribution in [1.29, 1.82) is 0 Å². The molecule has 20 heteroatoms. The number of carbonyl (C=O) groups excluding carboxylic acids is 4. The summed E-state index contributed by atoms with van der Waals surface area (Å²) in [5.41, 5.74) is -5.71. The van der Waals surface area contributed by atoms with E-state index in [0.717, 1.165) is 0 Å². The molecule has 0 atom stereocenters. The monoisotopic (exact) mass is 576 g/mol. The molecule has 0 spiro atoms. The molecule has 0 unspecified atom stereocenters. The number of rotatable bonds is 12. The standard InChI is InChI=1S/2C6H8O7.C4H4O4.2Ca/c2*7-3(8)1-6(13,5(11)12)2-4(9)10;5-3(6)1-2-4(7)8;;/h2*13H,1-2H2,(H,7,8)(H,9,10)(H,11,12);1-2H,(H,5,6)(H,7,8);;/q;;;2*+2/p-4/b;;2-1-;;. The molecule has 6 N–H and O–H groups in total. The molecule has 0 heterocycles. The second-order valence-electron chi connectivity index (χ2n) is 5.88. The van der Waals surface area contributed by atoms with Crippen LogP contribution in [0.25, 0.3) is 0 Å². The molecule has 0 aliphatic carbocycles. The first-order chi connectivity index (χ1) is 15.2. The Balaban J connectivity index is -0.000000134. The zero-order valence-corrected chi connectivity index (χ0v) is 22.4. The van der Waals surface area contributed by atoms with E-state index in [9.17, 15) is 58.8 Å². The summed E-state index contributed by atoms with van der Waals surface area (Å²) in [6.45, 7) is 0. The number of aliphatic carboxylic acids is 8. The second kappa shape index (κ2) is 21.1. The van der Waals surface area contributed by atoms with Gasteiger partial charge in [-0.2, -0.15) is 0 Å². The fourth-order valence-corrected chi connectivity index (χ4v) is 1.54. The Hall–Kier alpha value is -2.06. The summed E-state index contributed by atoms with van der Waals surface area (Å²) >= 11 is 0. The Morgan fingerprint density at radius 1 is 0.583 bits per heavy atom. The maximum absolute atomic E-state index is 10.3. The van der Waals surface area contributed by atoms with Crippen LogP contribution in [0.15, 0.2) is 12.2 Å². The topological polar surface area (TPSA) is 350 Å². The van der Waals surface area contributed by atoms with Gasteiger partial charge in [0.15, 0.2) is 5.60 Å². The molecule has 0 aromatic heterocycles. The molecule has 0 aliphatic heterocycles. The first-order valence-corrected chi connectivity index (χ1v) is 8.03. The maximum Gasteiger partial charge on any atom is 2.00 e. The van der Waals surface area contributed by atoms with E-state index in [1.807, 2.05) is 0 Å². The first-order valence-electron chi connectivity index (χ1n) is 8.03. The van der Waals surface area contributed by atoms with Crippen LogP contribution >= 0.6 is 0 Å². The summed E-state index contributed by atoms with van der Waals surface area (Å²) < 4.78 is 0. The molecule has 0 saturated heterocycles. The molecule has 0 rings (SSSR count). The molecular formula is C16H16Ca2O18. The zero-order valence-electron chi connectivity index (χ0n) is 18.0. The molecule has 0 aromatic rings. The molecule has 0 aromatic carbocycles. The fraction of sp³-hybridized carbons (Fsp3) is 0.375. The van der Waals surface area contributed by atoms with Crippen LogP contribution in [0.2, 0.25) is 0 Å². The first kappa shape index (κ1) is 44.0. The molecule has 0 fully saturated rings. The zero-order chi connectivity index (χ0) is 27.9. The van der Waals surface area contributed by atoms with Gasteiger partial charge in [0.25, 0.3) is 0 Å². The van der Waals surface area contributed by atoms with Crippen LogP contribution in [0.1, 0.15) is 25.7 Å². The maximum atomic E-state index is 10.3. The number of carboxylic acid groups (broad SMARTS) is 8. The predicted octanol–water partition coefficient (Wildman–Crippen LogP) is -8.89. The van der Waals surface area contributed by atoms with Gasteiger partial charge in [-0.1, -0.05) is 0 Å². The van der Waals surface area contributed by atoms with Crippen LogP contribution in [-0.4, -0.2) is 165 Å². The third kappa shape index (κ3) is 25.0. The summed E-state index contributed by atoms with van der Waals surface area (Å²) in [6.07, 6.45) is -4.06. The summed E-state index contributed by atoms with van der Waals surface area (Å²) in [5, 5.41) is 90.0. The summed E-state index contributed by atoms with van der Waals surface area (Å²) in [4.78, 5) is 79.5. The van der Waals surface area contributed by atoms with Gasteiger partial charge in [-0.05, 0) is 6.08 Å². The van der Waals surface area contributed by atoms with Gasteiger partial charge >= 0.3 is 99.4 Å². The molecular weight excluding hydrogens is 560 g/mol.